The van der Waals surface area contributed by atoms with Crippen molar-refractivity contribution in [3.63, 3.8) is 0 Å². The molecule has 1 aromatic carbocycles. The summed E-state index contributed by atoms with van der Waals surface area (Å²) in [6, 6.07) is 9.32. The molecule has 4 unspecified atom stereocenters. The number of ether oxygens (including phenoxy) is 1. The molecule has 2 saturated carbocycles. The zero-order valence-corrected chi connectivity index (χ0v) is 16.3. The summed E-state index contributed by atoms with van der Waals surface area (Å²) in [6.45, 7) is 1.95. The smallest absolute Gasteiger partial charge is 0.311 e. The van der Waals surface area contributed by atoms with Crippen molar-refractivity contribution in [2.24, 2.45) is 17.8 Å². The van der Waals surface area contributed by atoms with Crippen LogP contribution in [0.3, 0.4) is 0 Å². The van der Waals surface area contributed by atoms with Gasteiger partial charge in [0.2, 0.25) is 5.91 Å². The molecule has 6 nitrogen and oxygen atoms in total. The van der Waals surface area contributed by atoms with Crippen molar-refractivity contribution < 1.29 is 23.5 Å². The molecule has 6 heteroatoms. The highest BCUT2D eigenvalue weighted by molar-refractivity contribution is 6.17. The maximum Gasteiger partial charge on any atom is 0.311 e. The molecule has 2 bridgehead atoms. The van der Waals surface area contributed by atoms with Gasteiger partial charge in [-0.15, -0.1) is 0 Å². The van der Waals surface area contributed by atoms with Crippen LogP contribution in [0.2, 0.25) is 0 Å². The maximum absolute atomic E-state index is 13.7. The van der Waals surface area contributed by atoms with Crippen LogP contribution in [-0.2, 0) is 24.5 Å². The van der Waals surface area contributed by atoms with Crippen molar-refractivity contribution in [1.82, 2.24) is 0 Å². The first-order chi connectivity index (χ1) is 14.0. The number of amides is 1. The molecule has 0 saturated heterocycles. The van der Waals surface area contributed by atoms with Crippen molar-refractivity contribution in [2.75, 3.05) is 18.6 Å². The number of furan rings is 1. The van der Waals surface area contributed by atoms with Crippen molar-refractivity contribution in [2.45, 2.75) is 18.8 Å². The topological polar surface area (TPSA) is 76.8 Å². The van der Waals surface area contributed by atoms with E-state index in [0.29, 0.717) is 12.0 Å². The number of anilines is 1. The summed E-state index contributed by atoms with van der Waals surface area (Å²) in [5.41, 5.74) is 1.86. The number of para-hydroxylation sites is 1. The lowest BCUT2D eigenvalue weighted by molar-refractivity contribution is -0.156. The van der Waals surface area contributed by atoms with E-state index in [2.05, 4.69) is 0 Å². The fraction of sp³-hybridized carbons (Fsp3) is 0.348. The van der Waals surface area contributed by atoms with E-state index in [4.69, 9.17) is 9.15 Å². The summed E-state index contributed by atoms with van der Waals surface area (Å²) in [6.07, 6.45) is 5.39. The first-order valence-corrected chi connectivity index (χ1v) is 9.84. The molecular formula is C23H21NO5. The van der Waals surface area contributed by atoms with E-state index in [1.807, 2.05) is 24.3 Å². The van der Waals surface area contributed by atoms with Gasteiger partial charge >= 0.3 is 5.97 Å². The highest BCUT2D eigenvalue weighted by Gasteiger charge is 2.73. The van der Waals surface area contributed by atoms with Crippen LogP contribution in [0, 0.1) is 17.8 Å². The lowest BCUT2D eigenvalue weighted by Crippen LogP contribution is -2.54. The second-order valence-corrected chi connectivity index (χ2v) is 7.90. The Kier molecular flexibility index (Phi) is 3.81. The summed E-state index contributed by atoms with van der Waals surface area (Å²) in [5, 5.41) is 0. The normalized spacial score (nSPS) is 31.2. The fourth-order valence-electron chi connectivity index (χ4n) is 5.67. The van der Waals surface area contributed by atoms with Gasteiger partial charge in [0.05, 0.1) is 30.5 Å². The van der Waals surface area contributed by atoms with Gasteiger partial charge in [0, 0.05) is 35.7 Å². The van der Waals surface area contributed by atoms with Crippen LogP contribution in [0.15, 0.2) is 52.8 Å². The zero-order chi connectivity index (χ0) is 20.3. The largest absolute Gasteiger partial charge is 0.472 e. The van der Waals surface area contributed by atoms with E-state index in [9.17, 15) is 14.4 Å². The molecule has 1 aliphatic heterocycles. The van der Waals surface area contributed by atoms with Crippen molar-refractivity contribution in [3.8, 4) is 0 Å². The fourth-order valence-corrected chi connectivity index (χ4v) is 5.67. The van der Waals surface area contributed by atoms with Crippen molar-refractivity contribution >= 4 is 29.4 Å². The number of carbonyl (C=O) groups excluding carboxylic acids is 3. The molecule has 2 heterocycles. The highest BCUT2D eigenvalue weighted by atomic mass is 16.5. The Balaban J connectivity index is 1.74. The number of likely N-dealkylation sites (N-methyl/N-ethyl adjacent to an activating group) is 1. The van der Waals surface area contributed by atoms with Gasteiger partial charge in [-0.1, -0.05) is 18.2 Å². The summed E-state index contributed by atoms with van der Waals surface area (Å²) >= 11 is 0. The lowest BCUT2D eigenvalue weighted by Gasteiger charge is -2.39. The number of ketones is 1. The number of benzene rings is 1. The highest BCUT2D eigenvalue weighted by Crippen LogP contribution is 2.65. The summed E-state index contributed by atoms with van der Waals surface area (Å²) in [5.74, 6) is -2.41. The van der Waals surface area contributed by atoms with Gasteiger partial charge in [-0.3, -0.25) is 14.4 Å². The average molecular weight is 391 g/mol. The van der Waals surface area contributed by atoms with Crippen LogP contribution >= 0.6 is 0 Å². The first-order valence-electron chi connectivity index (χ1n) is 9.84. The summed E-state index contributed by atoms with van der Waals surface area (Å²) < 4.78 is 10.5. The van der Waals surface area contributed by atoms with Gasteiger partial charge in [-0.2, -0.15) is 0 Å². The van der Waals surface area contributed by atoms with Crippen molar-refractivity contribution in [1.29, 1.82) is 0 Å². The van der Waals surface area contributed by atoms with E-state index in [-0.39, 0.29) is 24.2 Å². The number of allylic oxidation sites excluding steroid dienone is 1. The number of hydrogen-bond acceptors (Lipinski definition) is 5. The van der Waals surface area contributed by atoms with E-state index in [1.54, 1.807) is 43.5 Å². The minimum absolute atomic E-state index is 0.0697. The predicted octanol–water partition coefficient (Wildman–Crippen LogP) is 2.98. The Morgan fingerprint density at radius 1 is 1.31 bits per heavy atom. The molecule has 148 valence electrons. The third-order valence-corrected chi connectivity index (χ3v) is 6.70. The van der Waals surface area contributed by atoms with Crippen LogP contribution in [0.5, 0.6) is 0 Å². The maximum atomic E-state index is 13.7. The number of Topliss-reactive ketones (excluding diaryl/α,β-unsaturated/α-hetero) is 1. The Morgan fingerprint density at radius 3 is 2.83 bits per heavy atom. The summed E-state index contributed by atoms with van der Waals surface area (Å²) in [7, 11) is 1.73. The van der Waals surface area contributed by atoms with Crippen LogP contribution < -0.4 is 4.90 Å². The number of rotatable bonds is 3. The molecule has 2 aromatic rings. The summed E-state index contributed by atoms with van der Waals surface area (Å²) in [4.78, 5) is 41.6. The molecule has 2 fully saturated rings. The minimum atomic E-state index is -1.11. The number of carbonyl (C=O) groups is 3. The van der Waals surface area contributed by atoms with Gasteiger partial charge in [-0.05, 0) is 37.1 Å². The van der Waals surface area contributed by atoms with Crippen molar-refractivity contribution in [3.05, 3.63) is 59.6 Å². The van der Waals surface area contributed by atoms with Crippen LogP contribution in [-0.4, -0.2) is 31.3 Å². The van der Waals surface area contributed by atoms with Gasteiger partial charge in [0.15, 0.2) is 5.78 Å². The average Bonchev–Trinajstić information content (AvgIpc) is 3.46. The van der Waals surface area contributed by atoms with Crippen LogP contribution in [0.4, 0.5) is 5.69 Å². The quantitative estimate of drug-likeness (QED) is 0.594. The third kappa shape index (κ3) is 2.14. The SMILES string of the molecule is CCOC(=O)C1C2CC(C(=Cc3ccoc3)C2=O)C12C(=O)N(C)c1ccccc12. The molecule has 3 aliphatic rings. The molecule has 4 atom stereocenters. The Labute approximate surface area is 168 Å². The third-order valence-electron chi connectivity index (χ3n) is 6.70. The Bertz CT molecular complexity index is 1050. The number of esters is 1. The first kappa shape index (κ1) is 17.9. The molecule has 1 aromatic heterocycles. The van der Waals surface area contributed by atoms with Crippen LogP contribution in [0.1, 0.15) is 24.5 Å². The molecule has 0 radical (unpaired) electrons. The standard InChI is InChI=1S/C23H21NO5/c1-3-29-21(26)19-15-11-17(14(20(15)25)10-13-8-9-28-12-13)23(19)16-6-4-5-7-18(16)24(2)22(23)27/h4-10,12,15,17,19H,3,11H2,1-2H3. The molecule has 1 amide bonds. The number of nitrogens with zero attached hydrogens (tertiary/aromatic N) is 1. The van der Waals surface area contributed by atoms with Gasteiger partial charge < -0.3 is 14.1 Å². The molecule has 2 aliphatic carbocycles. The molecule has 29 heavy (non-hydrogen) atoms. The second-order valence-electron chi connectivity index (χ2n) is 7.90. The van der Waals surface area contributed by atoms with E-state index < -0.39 is 23.2 Å². The number of hydrogen-bond donors (Lipinski definition) is 0. The zero-order valence-electron chi connectivity index (χ0n) is 16.3. The van der Waals surface area contributed by atoms with Crippen LogP contribution in [0.25, 0.3) is 6.08 Å². The molecule has 5 rings (SSSR count). The molecular weight excluding hydrogens is 370 g/mol. The van der Waals surface area contributed by atoms with Gasteiger partial charge in [0.1, 0.15) is 0 Å². The lowest BCUT2D eigenvalue weighted by atomic mass is 9.60. The monoisotopic (exact) mass is 391 g/mol. The van der Waals surface area contributed by atoms with E-state index in [1.165, 1.54) is 0 Å². The minimum Gasteiger partial charge on any atom is -0.472 e. The Hall–Kier alpha value is -3.15. The predicted molar refractivity (Wildman–Crippen MR) is 105 cm³/mol. The Morgan fingerprint density at radius 2 is 2.10 bits per heavy atom. The molecule has 1 spiro atoms. The van der Waals surface area contributed by atoms with E-state index >= 15 is 0 Å². The van der Waals surface area contributed by atoms with Gasteiger partial charge in [0.25, 0.3) is 0 Å². The molecule has 0 N–H and O–H groups in total. The number of fused-ring (bicyclic) bond motifs is 5. The van der Waals surface area contributed by atoms with Gasteiger partial charge in [-0.25, -0.2) is 0 Å². The van der Waals surface area contributed by atoms with E-state index in [0.717, 1.165) is 16.8 Å². The second kappa shape index (κ2) is 6.17.